The Morgan fingerprint density at radius 1 is 1.14 bits per heavy atom. The molecular formula is C17H25N3O. The maximum atomic E-state index is 12.1. The molecule has 1 aromatic rings. The van der Waals surface area contributed by atoms with Gasteiger partial charge in [-0.3, -0.25) is 10.1 Å². The van der Waals surface area contributed by atoms with Gasteiger partial charge in [-0.05, 0) is 43.5 Å². The van der Waals surface area contributed by atoms with Crippen LogP contribution in [0.1, 0.15) is 37.1 Å². The van der Waals surface area contributed by atoms with Crippen molar-refractivity contribution in [2.45, 2.75) is 32.4 Å². The molecule has 1 amide bonds. The van der Waals surface area contributed by atoms with E-state index in [9.17, 15) is 4.79 Å². The Labute approximate surface area is 127 Å². The molecule has 4 heteroatoms. The third-order valence-electron chi connectivity index (χ3n) is 4.64. The number of carbonyl (C=O) groups excluding carboxylic acids is 1. The van der Waals surface area contributed by atoms with E-state index in [1.165, 1.54) is 37.1 Å². The summed E-state index contributed by atoms with van der Waals surface area (Å²) >= 11 is 0. The average Bonchev–Trinajstić information content (AvgIpc) is 3.15. The van der Waals surface area contributed by atoms with Crippen LogP contribution >= 0.6 is 0 Å². The van der Waals surface area contributed by atoms with Crippen molar-refractivity contribution in [3.8, 4) is 0 Å². The molecule has 4 nitrogen and oxygen atoms in total. The maximum absolute atomic E-state index is 12.1. The Morgan fingerprint density at radius 3 is 2.52 bits per heavy atom. The summed E-state index contributed by atoms with van der Waals surface area (Å²) in [4.78, 5) is 16.6. The summed E-state index contributed by atoms with van der Waals surface area (Å²) in [6, 6.07) is 8.63. The summed E-state index contributed by atoms with van der Waals surface area (Å²) in [5.41, 5.74) is 2.53. The molecule has 0 radical (unpaired) electrons. The van der Waals surface area contributed by atoms with Gasteiger partial charge in [0.1, 0.15) is 6.17 Å². The summed E-state index contributed by atoms with van der Waals surface area (Å²) < 4.78 is 0. The minimum absolute atomic E-state index is 0.0472. The lowest BCUT2D eigenvalue weighted by Crippen LogP contribution is -2.37. The molecule has 2 aliphatic rings. The molecule has 114 valence electrons. The first kappa shape index (κ1) is 14.5. The van der Waals surface area contributed by atoms with Gasteiger partial charge in [0, 0.05) is 13.1 Å². The van der Waals surface area contributed by atoms with Gasteiger partial charge in [-0.25, -0.2) is 0 Å². The van der Waals surface area contributed by atoms with Gasteiger partial charge in [-0.2, -0.15) is 0 Å². The van der Waals surface area contributed by atoms with Crippen LogP contribution in [0.25, 0.3) is 0 Å². The van der Waals surface area contributed by atoms with E-state index in [1.807, 2.05) is 4.90 Å². The fourth-order valence-corrected chi connectivity index (χ4v) is 3.28. The molecular weight excluding hydrogens is 262 g/mol. The van der Waals surface area contributed by atoms with Gasteiger partial charge in [-0.1, -0.05) is 31.2 Å². The number of hydrogen-bond donors (Lipinski definition) is 1. The molecule has 2 saturated heterocycles. The van der Waals surface area contributed by atoms with Crippen LogP contribution in [0.4, 0.5) is 0 Å². The zero-order chi connectivity index (χ0) is 14.7. The Hall–Kier alpha value is -1.39. The van der Waals surface area contributed by atoms with Gasteiger partial charge >= 0.3 is 0 Å². The number of rotatable bonds is 5. The minimum atomic E-state index is 0.0472. The van der Waals surface area contributed by atoms with Crippen molar-refractivity contribution in [3.63, 3.8) is 0 Å². The number of nitrogens with zero attached hydrogens (tertiary/aromatic N) is 2. The third-order valence-corrected chi connectivity index (χ3v) is 4.64. The summed E-state index contributed by atoms with van der Waals surface area (Å²) in [7, 11) is 0. The lowest BCUT2D eigenvalue weighted by Gasteiger charge is -2.27. The largest absolute Gasteiger partial charge is 0.321 e. The smallest absolute Gasteiger partial charge is 0.238 e. The molecule has 1 N–H and O–H groups in total. The zero-order valence-corrected chi connectivity index (χ0v) is 12.8. The van der Waals surface area contributed by atoms with Crippen LogP contribution in [-0.4, -0.2) is 48.4 Å². The Balaban J connectivity index is 1.65. The molecule has 0 aliphatic carbocycles. The fourth-order valence-electron chi connectivity index (χ4n) is 3.28. The second-order valence-electron chi connectivity index (χ2n) is 6.01. The Morgan fingerprint density at radius 2 is 1.86 bits per heavy atom. The van der Waals surface area contributed by atoms with Gasteiger partial charge in [0.25, 0.3) is 0 Å². The van der Waals surface area contributed by atoms with Crippen molar-refractivity contribution < 1.29 is 4.79 Å². The van der Waals surface area contributed by atoms with Crippen LogP contribution in [0.2, 0.25) is 0 Å². The summed E-state index contributed by atoms with van der Waals surface area (Å²) in [6.07, 6.45) is 3.70. The molecule has 0 aromatic heterocycles. The predicted molar refractivity (Wildman–Crippen MR) is 84.0 cm³/mol. The predicted octanol–water partition coefficient (Wildman–Crippen LogP) is 1.78. The average molecular weight is 287 g/mol. The Bertz CT molecular complexity index is 479. The summed E-state index contributed by atoms with van der Waals surface area (Å²) in [6.45, 7) is 6.81. The molecule has 3 rings (SSSR count). The van der Waals surface area contributed by atoms with Gasteiger partial charge in [0.05, 0.1) is 6.54 Å². The molecule has 2 fully saturated rings. The topological polar surface area (TPSA) is 35.6 Å². The number of amides is 1. The fraction of sp³-hybridized carbons (Fsp3) is 0.588. The van der Waals surface area contributed by atoms with Crippen molar-refractivity contribution in [1.29, 1.82) is 0 Å². The third kappa shape index (κ3) is 3.27. The lowest BCUT2D eigenvalue weighted by atomic mass is 10.1. The highest BCUT2D eigenvalue weighted by Gasteiger charge is 2.31. The first-order valence-electron chi connectivity index (χ1n) is 8.12. The highest BCUT2D eigenvalue weighted by Crippen LogP contribution is 2.23. The van der Waals surface area contributed by atoms with Gasteiger partial charge in [0.2, 0.25) is 5.91 Å². The monoisotopic (exact) mass is 287 g/mol. The number of nitrogens with one attached hydrogen (secondary N) is 1. The van der Waals surface area contributed by atoms with Crippen LogP contribution < -0.4 is 5.32 Å². The number of hydrogen-bond acceptors (Lipinski definition) is 3. The first-order chi connectivity index (χ1) is 10.3. The van der Waals surface area contributed by atoms with Gasteiger partial charge in [0.15, 0.2) is 0 Å². The highest BCUT2D eigenvalue weighted by atomic mass is 16.2. The molecule has 21 heavy (non-hydrogen) atoms. The number of likely N-dealkylation sites (tertiary alicyclic amines) is 1. The van der Waals surface area contributed by atoms with Crippen LogP contribution in [0.5, 0.6) is 0 Å². The maximum Gasteiger partial charge on any atom is 0.238 e. The first-order valence-corrected chi connectivity index (χ1v) is 8.12. The standard InChI is InChI=1S/C17H25N3O/c1-2-14-5-7-15(8-6-14)17-18-13-16(21)20(17)12-11-19-9-3-4-10-19/h5-8,17-18H,2-4,9-13H2,1H3. The van der Waals surface area contributed by atoms with Crippen LogP contribution in [-0.2, 0) is 11.2 Å². The van der Waals surface area contributed by atoms with Crippen LogP contribution in [0, 0.1) is 0 Å². The van der Waals surface area contributed by atoms with Crippen molar-refractivity contribution in [3.05, 3.63) is 35.4 Å². The quantitative estimate of drug-likeness (QED) is 0.896. The van der Waals surface area contributed by atoms with Crippen molar-refractivity contribution in [1.82, 2.24) is 15.1 Å². The molecule has 2 aliphatic heterocycles. The van der Waals surface area contributed by atoms with E-state index in [1.54, 1.807) is 0 Å². The van der Waals surface area contributed by atoms with E-state index in [2.05, 4.69) is 41.4 Å². The second-order valence-corrected chi connectivity index (χ2v) is 6.01. The normalized spacial score (nSPS) is 23.2. The number of benzene rings is 1. The molecule has 0 spiro atoms. The Kier molecular flexibility index (Phi) is 4.56. The van der Waals surface area contributed by atoms with E-state index >= 15 is 0 Å². The molecule has 1 atom stereocenters. The van der Waals surface area contributed by atoms with E-state index in [4.69, 9.17) is 0 Å². The SMILES string of the molecule is CCc1ccc(C2NCC(=O)N2CCN2CCCC2)cc1. The molecule has 2 heterocycles. The van der Waals surface area contributed by atoms with E-state index in [0.29, 0.717) is 6.54 Å². The van der Waals surface area contributed by atoms with Crippen LogP contribution in [0.3, 0.4) is 0 Å². The van der Waals surface area contributed by atoms with E-state index in [0.717, 1.165) is 19.5 Å². The summed E-state index contributed by atoms with van der Waals surface area (Å²) in [5.74, 6) is 0.221. The van der Waals surface area contributed by atoms with Gasteiger partial charge < -0.3 is 9.80 Å². The number of aryl methyl sites for hydroxylation is 1. The highest BCUT2D eigenvalue weighted by molar-refractivity contribution is 5.81. The molecule has 1 aromatic carbocycles. The minimum Gasteiger partial charge on any atom is -0.321 e. The number of carbonyl (C=O) groups is 1. The molecule has 0 bridgehead atoms. The van der Waals surface area contributed by atoms with E-state index < -0.39 is 0 Å². The van der Waals surface area contributed by atoms with E-state index in [-0.39, 0.29) is 12.1 Å². The lowest BCUT2D eigenvalue weighted by molar-refractivity contribution is -0.128. The second kappa shape index (κ2) is 6.58. The molecule has 1 unspecified atom stereocenters. The molecule has 0 saturated carbocycles. The van der Waals surface area contributed by atoms with Crippen molar-refractivity contribution in [2.24, 2.45) is 0 Å². The zero-order valence-electron chi connectivity index (χ0n) is 12.8. The van der Waals surface area contributed by atoms with Crippen LogP contribution in [0.15, 0.2) is 24.3 Å². The van der Waals surface area contributed by atoms with Gasteiger partial charge in [-0.15, -0.1) is 0 Å². The summed E-state index contributed by atoms with van der Waals surface area (Å²) in [5, 5.41) is 3.34. The van der Waals surface area contributed by atoms with Crippen molar-refractivity contribution in [2.75, 3.05) is 32.7 Å². The van der Waals surface area contributed by atoms with Crippen molar-refractivity contribution >= 4 is 5.91 Å².